The number of nitrogens with two attached hydrogens (primary N) is 1. The number of aromatic nitrogens is 3. The zero-order valence-electron chi connectivity index (χ0n) is 9.67. The third-order valence-electron chi connectivity index (χ3n) is 2.37. The first-order valence-corrected chi connectivity index (χ1v) is 6.07. The molecule has 0 aliphatic heterocycles. The van der Waals surface area contributed by atoms with Crippen LogP contribution < -0.4 is 11.1 Å². The van der Waals surface area contributed by atoms with Crippen molar-refractivity contribution < 1.29 is 0 Å². The van der Waals surface area contributed by atoms with Crippen LogP contribution in [0.3, 0.4) is 0 Å². The van der Waals surface area contributed by atoms with Crippen LogP contribution in [0.2, 0.25) is 5.02 Å². The quantitative estimate of drug-likeness (QED) is 0.840. The van der Waals surface area contributed by atoms with Gasteiger partial charge in [-0.2, -0.15) is 0 Å². The first-order chi connectivity index (χ1) is 8.58. The van der Waals surface area contributed by atoms with Crippen molar-refractivity contribution in [3.8, 4) is 5.82 Å². The molecule has 1 unspecified atom stereocenters. The summed E-state index contributed by atoms with van der Waals surface area (Å²) in [4.78, 5) is 8.52. The number of hydrogen-bond donors (Lipinski definition) is 2. The number of imidazole rings is 1. The minimum atomic E-state index is -0.102. The summed E-state index contributed by atoms with van der Waals surface area (Å²) in [6.45, 7) is 1.92. The van der Waals surface area contributed by atoms with E-state index in [0.717, 1.165) is 11.6 Å². The SMILES string of the molecule is CC(NC(N)=S)c1nccn1-c1ccc(Cl)cn1. The predicted molar refractivity (Wildman–Crippen MR) is 74.7 cm³/mol. The molecule has 0 aliphatic carbocycles. The van der Waals surface area contributed by atoms with E-state index in [1.165, 1.54) is 0 Å². The number of halogens is 1. The lowest BCUT2D eigenvalue weighted by Crippen LogP contribution is -2.32. The summed E-state index contributed by atoms with van der Waals surface area (Å²) in [7, 11) is 0. The molecule has 2 rings (SSSR count). The van der Waals surface area contributed by atoms with Crippen molar-refractivity contribution in [2.45, 2.75) is 13.0 Å². The third-order valence-corrected chi connectivity index (χ3v) is 2.72. The number of thiocarbonyl (C=S) groups is 1. The number of nitrogens with one attached hydrogen (secondary N) is 1. The zero-order chi connectivity index (χ0) is 13.1. The van der Waals surface area contributed by atoms with Crippen molar-refractivity contribution in [1.29, 1.82) is 0 Å². The molecule has 0 spiro atoms. The summed E-state index contributed by atoms with van der Waals surface area (Å²) in [6.07, 6.45) is 5.11. The molecule has 5 nitrogen and oxygen atoms in total. The molecule has 0 amide bonds. The molecular formula is C11H12ClN5S. The molecule has 0 fully saturated rings. The maximum atomic E-state index is 5.81. The fourth-order valence-electron chi connectivity index (χ4n) is 1.62. The molecule has 2 aromatic rings. The first-order valence-electron chi connectivity index (χ1n) is 5.29. The standard InChI is InChI=1S/C11H12ClN5S/c1-7(16-11(13)18)10-14-4-5-17(10)9-3-2-8(12)6-15-9/h2-7H,1H3,(H3,13,16,18). The normalized spacial score (nSPS) is 12.1. The van der Waals surface area contributed by atoms with E-state index in [1.54, 1.807) is 18.5 Å². The summed E-state index contributed by atoms with van der Waals surface area (Å²) in [5.74, 6) is 1.51. The van der Waals surface area contributed by atoms with Crippen molar-refractivity contribution in [2.75, 3.05) is 0 Å². The molecule has 0 bridgehead atoms. The largest absolute Gasteiger partial charge is 0.376 e. The summed E-state index contributed by atoms with van der Waals surface area (Å²) in [5.41, 5.74) is 5.46. The second-order valence-electron chi connectivity index (χ2n) is 3.72. The van der Waals surface area contributed by atoms with Crippen molar-refractivity contribution in [2.24, 2.45) is 5.73 Å². The average molecular weight is 282 g/mol. The summed E-state index contributed by atoms with van der Waals surface area (Å²) in [6, 6.07) is 3.50. The highest BCUT2D eigenvalue weighted by atomic mass is 35.5. The highest BCUT2D eigenvalue weighted by Gasteiger charge is 2.13. The number of hydrogen-bond acceptors (Lipinski definition) is 3. The maximum Gasteiger partial charge on any atom is 0.164 e. The van der Waals surface area contributed by atoms with E-state index in [1.807, 2.05) is 23.8 Å². The Morgan fingerprint density at radius 3 is 2.89 bits per heavy atom. The van der Waals surface area contributed by atoms with Gasteiger partial charge in [0.1, 0.15) is 11.6 Å². The van der Waals surface area contributed by atoms with Crippen LogP contribution in [0.4, 0.5) is 0 Å². The Hall–Kier alpha value is -1.66. The van der Waals surface area contributed by atoms with E-state index in [0.29, 0.717) is 5.02 Å². The van der Waals surface area contributed by atoms with Crippen LogP contribution in [0.1, 0.15) is 18.8 Å². The van der Waals surface area contributed by atoms with Gasteiger partial charge in [0, 0.05) is 18.6 Å². The highest BCUT2D eigenvalue weighted by molar-refractivity contribution is 7.80. The molecule has 3 N–H and O–H groups in total. The monoisotopic (exact) mass is 281 g/mol. The average Bonchev–Trinajstić information content (AvgIpc) is 2.78. The van der Waals surface area contributed by atoms with Crippen LogP contribution in [-0.4, -0.2) is 19.6 Å². The van der Waals surface area contributed by atoms with E-state index in [-0.39, 0.29) is 11.2 Å². The molecule has 0 aromatic carbocycles. The third kappa shape index (κ3) is 2.77. The van der Waals surface area contributed by atoms with E-state index in [4.69, 9.17) is 29.6 Å². The van der Waals surface area contributed by atoms with Gasteiger partial charge in [0.2, 0.25) is 0 Å². The van der Waals surface area contributed by atoms with Crippen LogP contribution in [0.15, 0.2) is 30.7 Å². The Kier molecular flexibility index (Phi) is 3.78. The molecule has 7 heteroatoms. The number of pyridine rings is 1. The molecule has 18 heavy (non-hydrogen) atoms. The lowest BCUT2D eigenvalue weighted by molar-refractivity contribution is 0.648. The predicted octanol–water partition coefficient (Wildman–Crippen LogP) is 1.81. The van der Waals surface area contributed by atoms with Crippen LogP contribution >= 0.6 is 23.8 Å². The Morgan fingerprint density at radius 2 is 2.28 bits per heavy atom. The topological polar surface area (TPSA) is 68.8 Å². The van der Waals surface area contributed by atoms with Gasteiger partial charge in [-0.3, -0.25) is 4.57 Å². The maximum absolute atomic E-state index is 5.81. The summed E-state index contributed by atoms with van der Waals surface area (Å²) < 4.78 is 1.85. The van der Waals surface area contributed by atoms with Gasteiger partial charge in [0.25, 0.3) is 0 Å². The van der Waals surface area contributed by atoms with Crippen molar-refractivity contribution in [3.05, 3.63) is 41.6 Å². The van der Waals surface area contributed by atoms with E-state index in [9.17, 15) is 0 Å². The van der Waals surface area contributed by atoms with Gasteiger partial charge in [-0.05, 0) is 31.3 Å². The smallest absolute Gasteiger partial charge is 0.164 e. The van der Waals surface area contributed by atoms with Crippen LogP contribution in [0, 0.1) is 0 Å². The first kappa shape index (κ1) is 12.8. The molecular weight excluding hydrogens is 270 g/mol. The minimum absolute atomic E-state index is 0.102. The van der Waals surface area contributed by atoms with Gasteiger partial charge in [0.15, 0.2) is 5.11 Å². The van der Waals surface area contributed by atoms with Crippen molar-refractivity contribution >= 4 is 28.9 Å². The fraction of sp³-hybridized carbons (Fsp3) is 0.182. The van der Waals surface area contributed by atoms with Crippen molar-refractivity contribution in [3.63, 3.8) is 0 Å². The molecule has 0 saturated heterocycles. The van der Waals surface area contributed by atoms with Gasteiger partial charge < -0.3 is 11.1 Å². The van der Waals surface area contributed by atoms with Crippen LogP contribution in [0.5, 0.6) is 0 Å². The van der Waals surface area contributed by atoms with Gasteiger partial charge in [-0.15, -0.1) is 0 Å². The molecule has 1 atom stereocenters. The molecule has 94 valence electrons. The Labute approximate surface area is 115 Å². The number of rotatable bonds is 3. The Morgan fingerprint density at radius 1 is 1.50 bits per heavy atom. The summed E-state index contributed by atoms with van der Waals surface area (Å²) in [5, 5.41) is 3.77. The van der Waals surface area contributed by atoms with Gasteiger partial charge in [0.05, 0.1) is 11.1 Å². The second-order valence-corrected chi connectivity index (χ2v) is 4.60. The Balaban J connectivity index is 2.32. The lowest BCUT2D eigenvalue weighted by atomic mass is 10.3. The van der Waals surface area contributed by atoms with Gasteiger partial charge >= 0.3 is 0 Å². The molecule has 0 saturated carbocycles. The zero-order valence-corrected chi connectivity index (χ0v) is 11.2. The van der Waals surface area contributed by atoms with E-state index < -0.39 is 0 Å². The summed E-state index contributed by atoms with van der Waals surface area (Å²) >= 11 is 10.6. The van der Waals surface area contributed by atoms with Gasteiger partial charge in [-0.25, -0.2) is 9.97 Å². The van der Waals surface area contributed by atoms with Gasteiger partial charge in [-0.1, -0.05) is 11.6 Å². The second kappa shape index (κ2) is 5.32. The molecule has 2 aromatic heterocycles. The van der Waals surface area contributed by atoms with Crippen LogP contribution in [0.25, 0.3) is 5.82 Å². The molecule has 0 aliphatic rings. The minimum Gasteiger partial charge on any atom is -0.376 e. The van der Waals surface area contributed by atoms with E-state index in [2.05, 4.69) is 15.3 Å². The number of nitrogens with zero attached hydrogens (tertiary/aromatic N) is 3. The molecule has 0 radical (unpaired) electrons. The van der Waals surface area contributed by atoms with Crippen LogP contribution in [-0.2, 0) is 0 Å². The highest BCUT2D eigenvalue weighted by Crippen LogP contribution is 2.16. The Bertz CT molecular complexity index is 551. The van der Waals surface area contributed by atoms with E-state index >= 15 is 0 Å². The lowest BCUT2D eigenvalue weighted by Gasteiger charge is -2.15. The van der Waals surface area contributed by atoms with Crippen molar-refractivity contribution in [1.82, 2.24) is 19.9 Å². The molecule has 2 heterocycles. The fourth-order valence-corrected chi connectivity index (χ4v) is 1.91.